The van der Waals surface area contributed by atoms with E-state index >= 15 is 0 Å². The maximum Gasteiger partial charge on any atom is 0.320 e. The summed E-state index contributed by atoms with van der Waals surface area (Å²) in [7, 11) is 0. The highest BCUT2D eigenvalue weighted by atomic mass is 16.5. The van der Waals surface area contributed by atoms with E-state index in [2.05, 4.69) is 30.9 Å². The van der Waals surface area contributed by atoms with Gasteiger partial charge in [0.05, 0.1) is 13.2 Å². The van der Waals surface area contributed by atoms with Crippen LogP contribution in [0.4, 0.5) is 5.69 Å². The van der Waals surface area contributed by atoms with Crippen molar-refractivity contribution in [1.29, 1.82) is 0 Å². The Balaban J connectivity index is 2.24. The molecule has 5 nitrogen and oxygen atoms in total. The summed E-state index contributed by atoms with van der Waals surface area (Å²) in [6.45, 7) is 7.61. The third-order valence-corrected chi connectivity index (χ3v) is 3.84. The molecule has 1 unspecified atom stereocenters. The zero-order chi connectivity index (χ0) is 15.4. The van der Waals surface area contributed by atoms with E-state index < -0.39 is 12.0 Å². The van der Waals surface area contributed by atoms with Crippen molar-refractivity contribution in [2.24, 2.45) is 5.73 Å². The number of carboxylic acids is 1. The summed E-state index contributed by atoms with van der Waals surface area (Å²) in [6, 6.07) is 5.32. The first-order valence-electron chi connectivity index (χ1n) is 7.43. The van der Waals surface area contributed by atoms with Crippen LogP contribution in [0.5, 0.6) is 0 Å². The summed E-state index contributed by atoms with van der Waals surface area (Å²) in [5.41, 5.74) is 9.07. The number of carbonyl (C=O) groups is 1. The first-order chi connectivity index (χ1) is 9.99. The molecule has 5 heteroatoms. The topological polar surface area (TPSA) is 75.8 Å². The highest BCUT2D eigenvalue weighted by molar-refractivity contribution is 5.73. The molecule has 0 spiro atoms. The highest BCUT2D eigenvalue weighted by Gasteiger charge is 2.18. The number of hydrogen-bond acceptors (Lipinski definition) is 4. The first kappa shape index (κ1) is 15.8. The minimum absolute atomic E-state index is 0.360. The van der Waals surface area contributed by atoms with E-state index in [-0.39, 0.29) is 0 Å². The van der Waals surface area contributed by atoms with Crippen molar-refractivity contribution in [1.82, 2.24) is 0 Å². The number of aliphatic carboxylic acids is 1. The minimum atomic E-state index is -0.960. The van der Waals surface area contributed by atoms with E-state index in [1.807, 2.05) is 6.07 Å². The molecule has 3 N–H and O–H groups in total. The van der Waals surface area contributed by atoms with Gasteiger partial charge in [-0.15, -0.1) is 0 Å². The van der Waals surface area contributed by atoms with Gasteiger partial charge < -0.3 is 20.5 Å². The molecule has 0 bridgehead atoms. The van der Waals surface area contributed by atoms with Crippen molar-refractivity contribution in [3.63, 3.8) is 0 Å². The van der Waals surface area contributed by atoms with Crippen LogP contribution in [0, 0.1) is 0 Å². The Morgan fingerprint density at radius 2 is 2.05 bits per heavy atom. The summed E-state index contributed by atoms with van der Waals surface area (Å²) in [5.74, 6) is -0.581. The number of anilines is 1. The van der Waals surface area contributed by atoms with Crippen molar-refractivity contribution in [3.05, 3.63) is 29.3 Å². The molecule has 1 saturated heterocycles. The van der Waals surface area contributed by atoms with E-state index in [1.54, 1.807) is 0 Å². The predicted octanol–water partition coefficient (Wildman–Crippen LogP) is 1.60. The molecular formula is C16H24N2O3. The average molecular weight is 292 g/mol. The van der Waals surface area contributed by atoms with Gasteiger partial charge in [-0.2, -0.15) is 0 Å². The van der Waals surface area contributed by atoms with Crippen molar-refractivity contribution in [2.45, 2.75) is 32.2 Å². The molecule has 1 heterocycles. The lowest BCUT2D eigenvalue weighted by atomic mass is 9.95. The van der Waals surface area contributed by atoms with Gasteiger partial charge in [0.1, 0.15) is 6.04 Å². The Morgan fingerprint density at radius 3 is 2.62 bits per heavy atom. The molecule has 0 radical (unpaired) electrons. The van der Waals surface area contributed by atoms with Crippen molar-refractivity contribution in [2.75, 3.05) is 31.2 Å². The number of nitrogens with two attached hydrogens (primary N) is 1. The smallest absolute Gasteiger partial charge is 0.320 e. The molecule has 1 fully saturated rings. The summed E-state index contributed by atoms with van der Waals surface area (Å²) in [4.78, 5) is 13.2. The number of rotatable bonds is 5. The van der Waals surface area contributed by atoms with Crippen LogP contribution in [0.1, 0.15) is 30.9 Å². The molecule has 1 aromatic carbocycles. The summed E-state index contributed by atoms with van der Waals surface area (Å²) in [6.07, 6.45) is 0.360. The number of nitrogens with zero attached hydrogens (tertiary/aromatic N) is 1. The molecule has 1 aliphatic rings. The fourth-order valence-electron chi connectivity index (χ4n) is 2.63. The quantitative estimate of drug-likeness (QED) is 0.862. The van der Waals surface area contributed by atoms with Crippen molar-refractivity contribution >= 4 is 11.7 Å². The Hall–Kier alpha value is -1.59. The maximum atomic E-state index is 10.9. The highest BCUT2D eigenvalue weighted by Crippen LogP contribution is 2.29. The molecule has 1 atom stereocenters. The second-order valence-corrected chi connectivity index (χ2v) is 5.80. The zero-order valence-electron chi connectivity index (χ0n) is 12.7. The van der Waals surface area contributed by atoms with Gasteiger partial charge in [-0.1, -0.05) is 26.0 Å². The van der Waals surface area contributed by atoms with Crippen molar-refractivity contribution in [3.8, 4) is 0 Å². The Kier molecular flexibility index (Phi) is 5.20. The van der Waals surface area contributed by atoms with Gasteiger partial charge in [-0.25, -0.2) is 0 Å². The molecule has 116 valence electrons. The van der Waals surface area contributed by atoms with E-state index in [0.717, 1.165) is 31.9 Å². The van der Waals surface area contributed by atoms with Gasteiger partial charge in [-0.05, 0) is 29.5 Å². The Morgan fingerprint density at radius 1 is 1.38 bits per heavy atom. The van der Waals surface area contributed by atoms with E-state index in [0.29, 0.717) is 12.3 Å². The second-order valence-electron chi connectivity index (χ2n) is 5.80. The van der Waals surface area contributed by atoms with E-state index in [4.69, 9.17) is 15.6 Å². The number of hydrogen-bond donors (Lipinski definition) is 2. The van der Waals surface area contributed by atoms with Crippen LogP contribution < -0.4 is 10.6 Å². The lowest BCUT2D eigenvalue weighted by molar-refractivity contribution is -0.138. The standard InChI is InChI=1S/C16H24N2O3/c1-11(2)13-9-12(10-14(17)16(19)20)3-4-15(13)18-5-7-21-8-6-18/h3-4,9,11,14H,5-8,10,17H2,1-2H3,(H,19,20). The summed E-state index contributed by atoms with van der Waals surface area (Å²) < 4.78 is 5.40. The number of benzene rings is 1. The zero-order valence-corrected chi connectivity index (χ0v) is 12.7. The Labute approximate surface area is 125 Å². The van der Waals surface area contributed by atoms with Crippen LogP contribution in [-0.2, 0) is 16.0 Å². The van der Waals surface area contributed by atoms with Gasteiger partial charge in [0.2, 0.25) is 0 Å². The maximum absolute atomic E-state index is 10.9. The number of carboxylic acid groups (broad SMARTS) is 1. The first-order valence-corrected chi connectivity index (χ1v) is 7.43. The summed E-state index contributed by atoms with van der Waals surface area (Å²) >= 11 is 0. The molecule has 21 heavy (non-hydrogen) atoms. The fraction of sp³-hybridized carbons (Fsp3) is 0.562. The number of ether oxygens (including phenoxy) is 1. The molecule has 0 saturated carbocycles. The van der Waals surface area contributed by atoms with E-state index in [1.165, 1.54) is 11.3 Å². The lowest BCUT2D eigenvalue weighted by Crippen LogP contribution is -2.37. The SMILES string of the molecule is CC(C)c1cc(CC(N)C(=O)O)ccc1N1CCOCC1. The normalized spacial score (nSPS) is 17.0. The molecule has 0 aliphatic carbocycles. The van der Waals surface area contributed by atoms with Gasteiger partial charge in [0.25, 0.3) is 0 Å². The molecule has 1 aliphatic heterocycles. The molecule has 0 amide bonds. The number of morpholine rings is 1. The molecule has 1 aromatic rings. The molecule has 0 aromatic heterocycles. The van der Waals surface area contributed by atoms with Crippen molar-refractivity contribution < 1.29 is 14.6 Å². The molecule has 2 rings (SSSR count). The van der Waals surface area contributed by atoms with Crippen LogP contribution in [0.25, 0.3) is 0 Å². The van der Waals surface area contributed by atoms with Crippen LogP contribution in [0.3, 0.4) is 0 Å². The third-order valence-electron chi connectivity index (χ3n) is 3.84. The van der Waals surface area contributed by atoms with Crippen LogP contribution in [0.2, 0.25) is 0 Å². The largest absolute Gasteiger partial charge is 0.480 e. The van der Waals surface area contributed by atoms with Crippen LogP contribution >= 0.6 is 0 Å². The molecular weight excluding hydrogens is 268 g/mol. The minimum Gasteiger partial charge on any atom is -0.480 e. The van der Waals surface area contributed by atoms with Crippen LogP contribution in [-0.4, -0.2) is 43.4 Å². The monoisotopic (exact) mass is 292 g/mol. The lowest BCUT2D eigenvalue weighted by Gasteiger charge is -2.32. The second kappa shape index (κ2) is 6.91. The summed E-state index contributed by atoms with van der Waals surface area (Å²) in [5, 5.41) is 8.93. The average Bonchev–Trinajstić information content (AvgIpc) is 2.47. The van der Waals surface area contributed by atoms with Gasteiger partial charge in [0.15, 0.2) is 0 Å². The van der Waals surface area contributed by atoms with Crippen LogP contribution in [0.15, 0.2) is 18.2 Å². The van der Waals surface area contributed by atoms with Gasteiger partial charge in [0, 0.05) is 18.8 Å². The van der Waals surface area contributed by atoms with E-state index in [9.17, 15) is 4.79 Å². The fourth-order valence-corrected chi connectivity index (χ4v) is 2.63. The van der Waals surface area contributed by atoms with Gasteiger partial charge >= 0.3 is 5.97 Å². The predicted molar refractivity (Wildman–Crippen MR) is 82.9 cm³/mol. The Bertz CT molecular complexity index is 496. The third kappa shape index (κ3) is 3.95. The van der Waals surface area contributed by atoms with Gasteiger partial charge in [-0.3, -0.25) is 4.79 Å².